The molecule has 20 heavy (non-hydrogen) atoms. The van der Waals surface area contributed by atoms with Gasteiger partial charge in [-0.2, -0.15) is 0 Å². The van der Waals surface area contributed by atoms with Gasteiger partial charge in [0.15, 0.2) is 0 Å². The van der Waals surface area contributed by atoms with Gasteiger partial charge >= 0.3 is 0 Å². The molecule has 1 fully saturated rings. The van der Waals surface area contributed by atoms with E-state index < -0.39 is 6.10 Å². The van der Waals surface area contributed by atoms with Crippen LogP contribution in [-0.2, 0) is 0 Å². The van der Waals surface area contributed by atoms with Crippen molar-refractivity contribution in [3.8, 4) is 5.88 Å². The average molecular weight is 276 g/mol. The fourth-order valence-electron chi connectivity index (χ4n) is 3.12. The topological polar surface area (TPSA) is 68.4 Å². The van der Waals surface area contributed by atoms with Crippen molar-refractivity contribution in [2.45, 2.75) is 64.2 Å². The maximum atomic E-state index is 10.4. The first-order chi connectivity index (χ1) is 9.31. The highest BCUT2D eigenvalue weighted by Crippen LogP contribution is 2.48. The van der Waals surface area contributed by atoms with Crippen molar-refractivity contribution in [2.75, 3.05) is 0 Å². The Labute approximate surface area is 120 Å². The summed E-state index contributed by atoms with van der Waals surface area (Å²) in [7, 11) is 0. The molecular weight excluding hydrogens is 252 g/mol. The predicted octanol–water partition coefficient (Wildman–Crippen LogP) is 2.87. The number of ether oxygens (including phenoxy) is 1. The molecule has 0 bridgehead atoms. The standard InChI is InChI=1S/C16H24N2O2/c1-15(2,3)13(19)10-7-11-12(17)8-16(5-4-6-16)20-14(11)18-9-10/h7,9,12-13,19H,4-6,8,17H2,1-3H3/t12-,13?/m0/s1. The first-order valence-electron chi connectivity index (χ1n) is 7.43. The van der Waals surface area contributed by atoms with E-state index >= 15 is 0 Å². The Hall–Kier alpha value is -1.13. The van der Waals surface area contributed by atoms with Crippen LogP contribution in [0.5, 0.6) is 5.88 Å². The Morgan fingerprint density at radius 3 is 2.70 bits per heavy atom. The lowest BCUT2D eigenvalue weighted by atomic mass is 9.73. The van der Waals surface area contributed by atoms with E-state index in [1.807, 2.05) is 26.8 Å². The summed E-state index contributed by atoms with van der Waals surface area (Å²) in [5, 5.41) is 10.4. The number of hydrogen-bond donors (Lipinski definition) is 2. The zero-order chi connectivity index (χ0) is 14.5. The van der Waals surface area contributed by atoms with Gasteiger partial charge in [0.05, 0.1) is 6.10 Å². The third-order valence-electron chi connectivity index (χ3n) is 4.61. The average Bonchev–Trinajstić information content (AvgIpc) is 2.34. The highest BCUT2D eigenvalue weighted by atomic mass is 16.5. The van der Waals surface area contributed by atoms with Crippen LogP contribution in [0.1, 0.15) is 69.7 Å². The van der Waals surface area contributed by atoms with Gasteiger partial charge < -0.3 is 15.6 Å². The van der Waals surface area contributed by atoms with Crippen LogP contribution in [0.2, 0.25) is 0 Å². The number of aromatic nitrogens is 1. The second-order valence-corrected chi connectivity index (χ2v) is 7.38. The molecule has 1 unspecified atom stereocenters. The molecule has 0 aromatic carbocycles. The maximum Gasteiger partial charge on any atom is 0.218 e. The first kappa shape index (κ1) is 13.8. The van der Waals surface area contributed by atoms with Crippen molar-refractivity contribution in [2.24, 2.45) is 11.1 Å². The predicted molar refractivity (Wildman–Crippen MR) is 77.4 cm³/mol. The van der Waals surface area contributed by atoms with E-state index in [1.54, 1.807) is 6.20 Å². The summed E-state index contributed by atoms with van der Waals surface area (Å²) in [4.78, 5) is 4.42. The second-order valence-electron chi connectivity index (χ2n) is 7.38. The molecule has 2 atom stereocenters. The van der Waals surface area contributed by atoms with Crippen LogP contribution in [0.3, 0.4) is 0 Å². The van der Waals surface area contributed by atoms with Crippen molar-refractivity contribution < 1.29 is 9.84 Å². The van der Waals surface area contributed by atoms with E-state index in [0.717, 1.165) is 30.4 Å². The summed E-state index contributed by atoms with van der Waals surface area (Å²) in [6.07, 6.45) is 5.40. The minimum Gasteiger partial charge on any atom is -0.471 e. The van der Waals surface area contributed by atoms with Crippen molar-refractivity contribution >= 4 is 0 Å². The van der Waals surface area contributed by atoms with E-state index in [9.17, 15) is 5.11 Å². The number of nitrogens with two attached hydrogens (primary N) is 1. The molecular formula is C16H24N2O2. The fourth-order valence-corrected chi connectivity index (χ4v) is 3.12. The van der Waals surface area contributed by atoms with Crippen LogP contribution >= 0.6 is 0 Å². The normalized spacial score (nSPS) is 25.6. The number of fused-ring (bicyclic) bond motifs is 1. The number of rotatable bonds is 1. The third kappa shape index (κ3) is 2.21. The van der Waals surface area contributed by atoms with Crippen LogP contribution in [0.25, 0.3) is 0 Å². The molecule has 0 saturated heterocycles. The summed E-state index contributed by atoms with van der Waals surface area (Å²) < 4.78 is 6.07. The van der Waals surface area contributed by atoms with Crippen molar-refractivity contribution in [3.05, 3.63) is 23.4 Å². The summed E-state index contributed by atoms with van der Waals surface area (Å²) in [6.45, 7) is 6.03. The number of pyridine rings is 1. The lowest BCUT2D eigenvalue weighted by Gasteiger charge is -2.46. The number of hydrogen-bond acceptors (Lipinski definition) is 4. The monoisotopic (exact) mass is 276 g/mol. The summed E-state index contributed by atoms with van der Waals surface area (Å²) in [5.41, 5.74) is 7.78. The fraction of sp³-hybridized carbons (Fsp3) is 0.688. The van der Waals surface area contributed by atoms with E-state index in [-0.39, 0.29) is 17.1 Å². The van der Waals surface area contributed by atoms with Crippen LogP contribution in [0.15, 0.2) is 12.3 Å². The molecule has 0 amide bonds. The summed E-state index contributed by atoms with van der Waals surface area (Å²) >= 11 is 0. The van der Waals surface area contributed by atoms with Gasteiger partial charge in [0.2, 0.25) is 5.88 Å². The quantitative estimate of drug-likeness (QED) is 0.827. The Morgan fingerprint density at radius 1 is 1.45 bits per heavy atom. The van der Waals surface area contributed by atoms with E-state index in [1.165, 1.54) is 6.42 Å². The van der Waals surface area contributed by atoms with Gasteiger partial charge in [0.25, 0.3) is 0 Å². The Kier molecular flexibility index (Phi) is 3.07. The number of nitrogens with zero attached hydrogens (tertiary/aromatic N) is 1. The van der Waals surface area contributed by atoms with Crippen LogP contribution in [0, 0.1) is 5.41 Å². The number of aliphatic hydroxyl groups excluding tert-OH is 1. The molecule has 3 rings (SSSR count). The first-order valence-corrected chi connectivity index (χ1v) is 7.43. The largest absolute Gasteiger partial charge is 0.471 e. The second kappa shape index (κ2) is 4.43. The molecule has 1 aromatic rings. The molecule has 2 heterocycles. The zero-order valence-electron chi connectivity index (χ0n) is 12.5. The summed E-state index contributed by atoms with van der Waals surface area (Å²) in [6, 6.07) is 1.92. The van der Waals surface area contributed by atoms with E-state index in [0.29, 0.717) is 5.88 Å². The lowest BCUT2D eigenvalue weighted by molar-refractivity contribution is -0.0371. The molecule has 2 aliphatic rings. The smallest absolute Gasteiger partial charge is 0.218 e. The minimum atomic E-state index is -0.549. The number of aliphatic hydroxyl groups is 1. The highest BCUT2D eigenvalue weighted by molar-refractivity contribution is 5.37. The summed E-state index contributed by atoms with van der Waals surface area (Å²) in [5.74, 6) is 0.660. The Balaban J connectivity index is 1.92. The van der Waals surface area contributed by atoms with Gasteiger partial charge in [0, 0.05) is 24.2 Å². The van der Waals surface area contributed by atoms with Gasteiger partial charge in [-0.3, -0.25) is 0 Å². The molecule has 1 aliphatic heterocycles. The molecule has 1 aliphatic carbocycles. The minimum absolute atomic E-state index is 0.0429. The third-order valence-corrected chi connectivity index (χ3v) is 4.61. The lowest BCUT2D eigenvalue weighted by Crippen LogP contribution is -2.48. The molecule has 4 heteroatoms. The van der Waals surface area contributed by atoms with E-state index in [2.05, 4.69) is 4.98 Å². The van der Waals surface area contributed by atoms with Gasteiger partial charge in [0.1, 0.15) is 5.60 Å². The Bertz CT molecular complexity index is 518. The molecule has 110 valence electrons. The van der Waals surface area contributed by atoms with Gasteiger partial charge in [-0.25, -0.2) is 4.98 Å². The molecule has 1 spiro atoms. The SMILES string of the molecule is CC(C)(C)C(O)c1cnc2c(c1)[C@@H](N)CC1(CCC1)O2. The van der Waals surface area contributed by atoms with Crippen molar-refractivity contribution in [1.29, 1.82) is 0 Å². The van der Waals surface area contributed by atoms with E-state index in [4.69, 9.17) is 10.5 Å². The van der Waals surface area contributed by atoms with Crippen LogP contribution < -0.4 is 10.5 Å². The molecule has 4 nitrogen and oxygen atoms in total. The Morgan fingerprint density at radius 2 is 2.15 bits per heavy atom. The van der Waals surface area contributed by atoms with Crippen LogP contribution in [0.4, 0.5) is 0 Å². The maximum absolute atomic E-state index is 10.4. The zero-order valence-corrected chi connectivity index (χ0v) is 12.5. The van der Waals surface area contributed by atoms with Crippen LogP contribution in [-0.4, -0.2) is 15.7 Å². The molecule has 3 N–H and O–H groups in total. The molecule has 1 saturated carbocycles. The molecule has 1 aromatic heterocycles. The van der Waals surface area contributed by atoms with Crippen molar-refractivity contribution in [1.82, 2.24) is 4.98 Å². The van der Waals surface area contributed by atoms with Gasteiger partial charge in [-0.15, -0.1) is 0 Å². The highest BCUT2D eigenvalue weighted by Gasteiger charge is 2.45. The molecule has 0 radical (unpaired) electrons. The van der Waals surface area contributed by atoms with Gasteiger partial charge in [-0.1, -0.05) is 20.8 Å². The van der Waals surface area contributed by atoms with Crippen molar-refractivity contribution in [3.63, 3.8) is 0 Å². The van der Waals surface area contributed by atoms with Gasteiger partial charge in [-0.05, 0) is 36.3 Å².